The van der Waals surface area contributed by atoms with Gasteiger partial charge in [-0.1, -0.05) is 47.6 Å². The van der Waals surface area contributed by atoms with E-state index >= 15 is 0 Å². The molecule has 0 N–H and O–H groups in total. The van der Waals surface area contributed by atoms with Gasteiger partial charge in [-0.2, -0.15) is 0 Å². The lowest BCUT2D eigenvalue weighted by atomic mass is 10.0. The van der Waals surface area contributed by atoms with Gasteiger partial charge in [-0.15, -0.1) is 0 Å². The Balaban J connectivity index is 2.46. The fourth-order valence-corrected chi connectivity index (χ4v) is 3.42. The highest BCUT2D eigenvalue weighted by Gasteiger charge is 2.07. The Morgan fingerprint density at radius 3 is 2.67 bits per heavy atom. The van der Waals surface area contributed by atoms with Crippen LogP contribution < -0.4 is 4.74 Å². The van der Waals surface area contributed by atoms with Crippen LogP contribution >= 0.6 is 21.6 Å². The number of rotatable bonds is 5. The molecule has 2 aromatic carbocycles. The van der Waals surface area contributed by atoms with Crippen LogP contribution in [0.4, 0.5) is 0 Å². The zero-order valence-electron chi connectivity index (χ0n) is 12.8. The van der Waals surface area contributed by atoms with Gasteiger partial charge in [0.1, 0.15) is 5.75 Å². The molecule has 0 heterocycles. The van der Waals surface area contributed by atoms with E-state index in [9.17, 15) is 0 Å². The molecular weight excluding hydrogens is 261 g/mol. The van der Waals surface area contributed by atoms with Gasteiger partial charge in [0.05, 0.1) is 7.11 Å². The number of methoxy groups -OCH3 is 1. The summed E-state index contributed by atoms with van der Waals surface area (Å²) >= 11 is 0. The van der Waals surface area contributed by atoms with Crippen molar-refractivity contribution >= 4 is 32.4 Å². The summed E-state index contributed by atoms with van der Waals surface area (Å²) in [6.45, 7) is 3.71. The molecule has 0 bridgehead atoms. The van der Waals surface area contributed by atoms with Gasteiger partial charge in [-0.05, 0) is 35.6 Å². The smallest absolute Gasteiger partial charge is 0.126 e. The zero-order valence-corrected chi connectivity index (χ0v) is 12.5. The summed E-state index contributed by atoms with van der Waals surface area (Å²) < 4.78 is 20.7. The molecule has 0 saturated heterocycles. The Kier molecular flexibility index (Phi) is 3.93. The molecule has 0 aliphatic carbocycles. The molecule has 1 nitrogen and oxygen atoms in total. The van der Waals surface area contributed by atoms with Crippen LogP contribution in [0.15, 0.2) is 35.2 Å². The molecule has 0 aliphatic rings. The van der Waals surface area contributed by atoms with Gasteiger partial charge in [0.15, 0.2) is 0 Å². The lowest BCUT2D eigenvalue weighted by Gasteiger charge is -2.11. The van der Waals surface area contributed by atoms with E-state index < -0.39 is 5.70 Å². The first-order chi connectivity index (χ1) is 9.44. The van der Waals surface area contributed by atoms with Gasteiger partial charge in [-0.3, -0.25) is 0 Å². The van der Waals surface area contributed by atoms with E-state index in [4.69, 9.17) is 7.48 Å². The standard InChI is InChI=1S/C15H18OS2/c1-4-11-6-7-12-13(10-11)14(16-3)8-9-15(12)18-17-5-2/h6-10H,4-5H2,1-3H3/i5+1D2. The number of benzene rings is 2. The van der Waals surface area contributed by atoms with Crippen molar-refractivity contribution in [3.05, 3.63) is 35.9 Å². The number of hydrogen-bond acceptors (Lipinski definition) is 3. The number of ether oxygens (including phenoxy) is 1. The second-order valence-corrected chi connectivity index (χ2v) is 6.05. The van der Waals surface area contributed by atoms with E-state index in [1.165, 1.54) is 27.2 Å². The van der Waals surface area contributed by atoms with E-state index in [-0.39, 0.29) is 0 Å². The Bertz CT molecular complexity index is 609. The number of fused-ring (bicyclic) bond motifs is 1. The number of hydrogen-bond donors (Lipinski definition) is 0. The minimum atomic E-state index is -1.25. The van der Waals surface area contributed by atoms with E-state index in [1.54, 1.807) is 14.0 Å². The molecule has 18 heavy (non-hydrogen) atoms. The van der Waals surface area contributed by atoms with Crippen LogP contribution in [0.1, 0.15) is 22.2 Å². The van der Waals surface area contributed by atoms with E-state index in [0.29, 0.717) is 0 Å². The van der Waals surface area contributed by atoms with Crippen molar-refractivity contribution in [3.63, 3.8) is 0 Å². The Morgan fingerprint density at radius 1 is 1.17 bits per heavy atom. The summed E-state index contributed by atoms with van der Waals surface area (Å²) in [5.41, 5.74) is 0.0247. The Labute approximate surface area is 120 Å². The van der Waals surface area contributed by atoms with Gasteiger partial charge < -0.3 is 4.74 Å². The molecule has 2 aromatic rings. The van der Waals surface area contributed by atoms with E-state index in [2.05, 4.69) is 25.1 Å². The lowest BCUT2D eigenvalue weighted by molar-refractivity contribution is 0.419. The molecule has 0 aliphatic heterocycles. The molecule has 0 aromatic heterocycles. The molecule has 0 amide bonds. The quantitative estimate of drug-likeness (QED) is 0.552. The van der Waals surface area contributed by atoms with Crippen molar-refractivity contribution in [1.29, 1.82) is 0 Å². The molecule has 0 saturated carbocycles. The summed E-state index contributed by atoms with van der Waals surface area (Å²) in [7, 11) is 4.39. The van der Waals surface area contributed by atoms with Crippen LogP contribution in [-0.4, -0.2) is 12.8 Å². The van der Waals surface area contributed by atoms with Crippen molar-refractivity contribution in [2.75, 3.05) is 12.8 Å². The molecule has 0 unspecified atom stereocenters. The van der Waals surface area contributed by atoms with Crippen molar-refractivity contribution in [2.24, 2.45) is 0 Å². The van der Waals surface area contributed by atoms with Gasteiger partial charge in [0, 0.05) is 18.7 Å². The molecule has 2 rings (SSSR count). The monoisotopic (exact) mass is 281 g/mol. The van der Waals surface area contributed by atoms with Crippen LogP contribution in [0.25, 0.3) is 10.8 Å². The summed E-state index contributed by atoms with van der Waals surface area (Å²) in [5, 5.41) is 2.21. The second-order valence-electron chi connectivity index (χ2n) is 3.87. The van der Waals surface area contributed by atoms with E-state index in [1.807, 2.05) is 12.1 Å². The predicted octanol–water partition coefficient (Wildman–Crippen LogP) is 5.17. The maximum atomic E-state index is 7.62. The predicted molar refractivity (Wildman–Crippen MR) is 83.9 cm³/mol. The lowest BCUT2D eigenvalue weighted by Crippen LogP contribution is -1.88. The zero-order chi connectivity index (χ0) is 14.8. The maximum Gasteiger partial charge on any atom is 0.126 e. The summed E-state index contributed by atoms with van der Waals surface area (Å²) in [6.07, 6.45) is 0.989. The highest BCUT2D eigenvalue weighted by atomic mass is 33.1. The highest BCUT2D eigenvalue weighted by Crippen LogP contribution is 2.39. The maximum absolute atomic E-state index is 7.62. The largest absolute Gasteiger partial charge is 0.496 e. The van der Waals surface area contributed by atoms with Crippen LogP contribution in [-0.2, 0) is 6.42 Å². The van der Waals surface area contributed by atoms with Gasteiger partial charge in [-0.25, -0.2) is 0 Å². The average Bonchev–Trinajstić information content (AvgIpc) is 2.43. The molecule has 0 radical (unpaired) electrons. The van der Waals surface area contributed by atoms with Gasteiger partial charge >= 0.3 is 0 Å². The third kappa shape index (κ3) is 2.78. The van der Waals surface area contributed by atoms with Crippen LogP contribution in [0.3, 0.4) is 0 Å². The number of aryl methyl sites for hydroxylation is 1. The van der Waals surface area contributed by atoms with Crippen molar-refractivity contribution in [2.45, 2.75) is 25.2 Å². The Hall–Kier alpha value is -0.800. The minimum absolute atomic E-state index is 0.865. The van der Waals surface area contributed by atoms with Crippen molar-refractivity contribution < 1.29 is 7.48 Å². The Morgan fingerprint density at radius 2 is 2.00 bits per heavy atom. The summed E-state index contributed by atoms with van der Waals surface area (Å²) in [4.78, 5) is 1.07. The molecule has 0 fully saturated rings. The first-order valence-corrected chi connectivity index (χ1v) is 8.05. The first-order valence-electron chi connectivity index (χ1n) is 6.90. The fraction of sp³-hybridized carbons (Fsp3) is 0.333. The molecule has 96 valence electrons. The average molecular weight is 281 g/mol. The minimum Gasteiger partial charge on any atom is -0.496 e. The topological polar surface area (TPSA) is 9.23 Å². The normalized spacial score (nSPS) is 13.3. The third-order valence-corrected chi connectivity index (χ3v) is 4.92. The van der Waals surface area contributed by atoms with Gasteiger partial charge in [0.2, 0.25) is 0 Å². The fourth-order valence-electron chi connectivity index (χ4n) is 1.90. The van der Waals surface area contributed by atoms with Crippen molar-refractivity contribution in [3.8, 4) is 5.75 Å². The van der Waals surface area contributed by atoms with Gasteiger partial charge in [0.25, 0.3) is 0 Å². The second kappa shape index (κ2) is 6.39. The van der Waals surface area contributed by atoms with Crippen LogP contribution in [0.2, 0.25) is 0 Å². The molecule has 0 spiro atoms. The first kappa shape index (κ1) is 11.1. The molecule has 3 heteroatoms. The van der Waals surface area contributed by atoms with Crippen LogP contribution in [0.5, 0.6) is 5.75 Å². The van der Waals surface area contributed by atoms with Crippen LogP contribution in [0, 0.1) is 0 Å². The van der Waals surface area contributed by atoms with Crippen molar-refractivity contribution in [1.82, 2.24) is 0 Å². The SMILES string of the molecule is [2H][13C]([2H])(C)SSc1ccc(OC)c2cc(CC)ccc12. The third-order valence-electron chi connectivity index (χ3n) is 2.84. The van der Waals surface area contributed by atoms with E-state index in [0.717, 1.165) is 27.8 Å². The summed E-state index contributed by atoms with van der Waals surface area (Å²) in [6, 6.07) is 10.3. The molecular formula is C15H18OS2. The summed E-state index contributed by atoms with van der Waals surface area (Å²) in [5.74, 6) is 0.865. The highest BCUT2D eigenvalue weighted by molar-refractivity contribution is 8.76. The molecule has 0 atom stereocenters.